The van der Waals surface area contributed by atoms with Gasteiger partial charge in [-0.1, -0.05) is 30.3 Å². The summed E-state index contributed by atoms with van der Waals surface area (Å²) < 4.78 is 1.10. The van der Waals surface area contributed by atoms with E-state index in [1.807, 2.05) is 35.8 Å². The summed E-state index contributed by atoms with van der Waals surface area (Å²) >= 11 is 3.18. The number of benzene rings is 1. The first-order valence-electron chi connectivity index (χ1n) is 6.36. The SMILES string of the molecule is c1ccc(-c2cnc(Sc3ncnc4ccsc34)[nH]2)cc1. The molecule has 21 heavy (non-hydrogen) atoms. The molecule has 0 unspecified atom stereocenters. The highest BCUT2D eigenvalue weighted by atomic mass is 32.2. The summed E-state index contributed by atoms with van der Waals surface area (Å²) in [6.45, 7) is 0. The summed E-state index contributed by atoms with van der Waals surface area (Å²) in [4.78, 5) is 16.4. The lowest BCUT2D eigenvalue weighted by Crippen LogP contribution is -1.84. The molecule has 3 aromatic heterocycles. The Morgan fingerprint density at radius 1 is 1.00 bits per heavy atom. The van der Waals surface area contributed by atoms with Crippen LogP contribution >= 0.6 is 23.1 Å². The van der Waals surface area contributed by atoms with Crippen LogP contribution in [-0.2, 0) is 0 Å². The maximum absolute atomic E-state index is 4.43. The van der Waals surface area contributed by atoms with E-state index in [9.17, 15) is 0 Å². The van der Waals surface area contributed by atoms with Gasteiger partial charge in [0.2, 0.25) is 0 Å². The first kappa shape index (κ1) is 12.6. The first-order chi connectivity index (χ1) is 10.4. The van der Waals surface area contributed by atoms with Crippen LogP contribution in [0.1, 0.15) is 0 Å². The Morgan fingerprint density at radius 2 is 1.90 bits per heavy atom. The second-order valence-electron chi connectivity index (χ2n) is 4.38. The number of nitrogens with zero attached hydrogens (tertiary/aromatic N) is 3. The zero-order valence-electron chi connectivity index (χ0n) is 10.9. The van der Waals surface area contributed by atoms with Crippen LogP contribution in [0.2, 0.25) is 0 Å². The van der Waals surface area contributed by atoms with Gasteiger partial charge in [0, 0.05) is 0 Å². The number of fused-ring (bicyclic) bond motifs is 1. The van der Waals surface area contributed by atoms with E-state index >= 15 is 0 Å². The van der Waals surface area contributed by atoms with Crippen LogP contribution in [0.25, 0.3) is 21.5 Å². The lowest BCUT2D eigenvalue weighted by molar-refractivity contribution is 1.04. The van der Waals surface area contributed by atoms with E-state index in [0.29, 0.717) is 0 Å². The average Bonchev–Trinajstić information content (AvgIpc) is 3.17. The molecule has 0 bridgehead atoms. The van der Waals surface area contributed by atoms with Crippen LogP contribution in [0.15, 0.2) is 64.5 Å². The fraction of sp³-hybridized carbons (Fsp3) is 0. The van der Waals surface area contributed by atoms with Gasteiger partial charge in [-0.2, -0.15) is 0 Å². The largest absolute Gasteiger partial charge is 0.333 e. The smallest absolute Gasteiger partial charge is 0.172 e. The summed E-state index contributed by atoms with van der Waals surface area (Å²) in [6, 6.07) is 12.2. The molecule has 4 aromatic rings. The van der Waals surface area contributed by atoms with E-state index in [0.717, 1.165) is 31.7 Å². The Labute approximate surface area is 129 Å². The van der Waals surface area contributed by atoms with Gasteiger partial charge in [0.15, 0.2) is 5.16 Å². The molecule has 0 radical (unpaired) electrons. The van der Waals surface area contributed by atoms with Gasteiger partial charge in [-0.05, 0) is 28.8 Å². The third-order valence-corrected chi connectivity index (χ3v) is 4.98. The molecule has 4 rings (SSSR count). The Balaban J connectivity index is 1.66. The highest BCUT2D eigenvalue weighted by molar-refractivity contribution is 7.99. The minimum Gasteiger partial charge on any atom is -0.333 e. The van der Waals surface area contributed by atoms with Gasteiger partial charge in [0.1, 0.15) is 11.4 Å². The Morgan fingerprint density at radius 3 is 2.81 bits per heavy atom. The number of hydrogen-bond acceptors (Lipinski definition) is 5. The molecule has 0 amide bonds. The number of aromatic amines is 1. The van der Waals surface area contributed by atoms with E-state index in [1.165, 1.54) is 11.8 Å². The number of imidazole rings is 1. The van der Waals surface area contributed by atoms with Crippen LogP contribution in [0.3, 0.4) is 0 Å². The third kappa shape index (κ3) is 2.43. The second kappa shape index (κ2) is 5.31. The zero-order chi connectivity index (χ0) is 14.1. The van der Waals surface area contributed by atoms with Crippen molar-refractivity contribution in [2.75, 3.05) is 0 Å². The molecular weight excluding hydrogens is 300 g/mol. The maximum Gasteiger partial charge on any atom is 0.172 e. The molecule has 102 valence electrons. The number of aromatic nitrogens is 4. The highest BCUT2D eigenvalue weighted by Crippen LogP contribution is 2.33. The number of hydrogen-bond donors (Lipinski definition) is 1. The fourth-order valence-corrected chi connectivity index (χ4v) is 3.79. The number of thiophene rings is 1. The summed E-state index contributed by atoms with van der Waals surface area (Å²) in [5, 5.41) is 3.80. The maximum atomic E-state index is 4.43. The van der Waals surface area contributed by atoms with Gasteiger partial charge in [-0.15, -0.1) is 11.3 Å². The van der Waals surface area contributed by atoms with E-state index in [-0.39, 0.29) is 0 Å². The van der Waals surface area contributed by atoms with E-state index < -0.39 is 0 Å². The Kier molecular flexibility index (Phi) is 3.17. The highest BCUT2D eigenvalue weighted by Gasteiger charge is 2.10. The summed E-state index contributed by atoms with van der Waals surface area (Å²) in [5.74, 6) is 0. The van der Waals surface area contributed by atoms with Crippen LogP contribution in [-0.4, -0.2) is 19.9 Å². The van der Waals surface area contributed by atoms with Crippen LogP contribution in [0.4, 0.5) is 0 Å². The van der Waals surface area contributed by atoms with Crippen molar-refractivity contribution in [2.45, 2.75) is 10.2 Å². The third-order valence-electron chi connectivity index (χ3n) is 3.04. The molecule has 1 aromatic carbocycles. The normalized spacial score (nSPS) is 11.0. The molecule has 0 saturated carbocycles. The minimum atomic E-state index is 0.835. The number of nitrogens with one attached hydrogen (secondary N) is 1. The van der Waals surface area contributed by atoms with Gasteiger partial charge < -0.3 is 4.98 Å². The van der Waals surface area contributed by atoms with Gasteiger partial charge in [0.05, 0.1) is 22.1 Å². The molecule has 3 heterocycles. The monoisotopic (exact) mass is 310 g/mol. The van der Waals surface area contributed by atoms with Gasteiger partial charge in [-0.3, -0.25) is 0 Å². The van der Waals surface area contributed by atoms with Crippen LogP contribution in [0, 0.1) is 0 Å². The topological polar surface area (TPSA) is 54.5 Å². The molecule has 1 N–H and O–H groups in total. The summed E-state index contributed by atoms with van der Waals surface area (Å²) in [6.07, 6.45) is 3.45. The van der Waals surface area contributed by atoms with Gasteiger partial charge >= 0.3 is 0 Å². The standard InChI is InChI=1S/C15H10N4S2/c1-2-4-10(5-3-1)12-8-16-15(19-12)21-14-13-11(6-7-20-13)17-9-18-14/h1-9H,(H,16,19). The Hall–Kier alpha value is -2.18. The Bertz CT molecular complexity index is 883. The van der Waals surface area contributed by atoms with Crippen molar-refractivity contribution >= 4 is 33.3 Å². The predicted molar refractivity (Wildman–Crippen MR) is 85.6 cm³/mol. The quantitative estimate of drug-likeness (QED) is 0.575. The van der Waals surface area contributed by atoms with Crippen molar-refractivity contribution in [3.63, 3.8) is 0 Å². The predicted octanol–water partition coefficient (Wildman–Crippen LogP) is 4.23. The summed E-state index contributed by atoms with van der Waals surface area (Å²) in [5.41, 5.74) is 3.11. The fourth-order valence-electron chi connectivity index (χ4n) is 2.05. The van der Waals surface area contributed by atoms with E-state index in [1.54, 1.807) is 17.7 Å². The lowest BCUT2D eigenvalue weighted by Gasteiger charge is -1.99. The van der Waals surface area contributed by atoms with Crippen molar-refractivity contribution in [2.24, 2.45) is 0 Å². The zero-order valence-corrected chi connectivity index (χ0v) is 12.5. The molecule has 4 nitrogen and oxygen atoms in total. The lowest BCUT2D eigenvalue weighted by atomic mass is 10.2. The molecule has 0 saturated heterocycles. The minimum absolute atomic E-state index is 0.835. The van der Waals surface area contributed by atoms with Crippen molar-refractivity contribution in [1.82, 2.24) is 19.9 Å². The van der Waals surface area contributed by atoms with E-state index in [4.69, 9.17) is 0 Å². The number of H-pyrrole nitrogens is 1. The van der Waals surface area contributed by atoms with Crippen molar-refractivity contribution in [3.05, 3.63) is 54.3 Å². The molecule has 0 spiro atoms. The summed E-state index contributed by atoms with van der Waals surface area (Å²) in [7, 11) is 0. The van der Waals surface area contributed by atoms with Gasteiger partial charge in [-0.25, -0.2) is 15.0 Å². The molecule has 0 aliphatic rings. The first-order valence-corrected chi connectivity index (χ1v) is 8.06. The molecule has 0 fully saturated rings. The van der Waals surface area contributed by atoms with Crippen molar-refractivity contribution < 1.29 is 0 Å². The molecular formula is C15H10N4S2. The molecule has 0 atom stereocenters. The molecule has 0 aliphatic carbocycles. The van der Waals surface area contributed by atoms with E-state index in [2.05, 4.69) is 32.1 Å². The van der Waals surface area contributed by atoms with Crippen molar-refractivity contribution in [3.8, 4) is 11.3 Å². The number of rotatable bonds is 3. The van der Waals surface area contributed by atoms with Crippen molar-refractivity contribution in [1.29, 1.82) is 0 Å². The molecule has 6 heteroatoms. The average molecular weight is 310 g/mol. The van der Waals surface area contributed by atoms with Crippen LogP contribution < -0.4 is 0 Å². The van der Waals surface area contributed by atoms with Gasteiger partial charge in [0.25, 0.3) is 0 Å². The van der Waals surface area contributed by atoms with Crippen LogP contribution in [0.5, 0.6) is 0 Å². The molecule has 0 aliphatic heterocycles. The second-order valence-corrected chi connectivity index (χ2v) is 6.28.